The summed E-state index contributed by atoms with van der Waals surface area (Å²) in [6, 6.07) is 1.79. The second-order valence-electron chi connectivity index (χ2n) is 4.55. The lowest BCUT2D eigenvalue weighted by atomic mass is 9.97. The number of fused-ring (bicyclic) bond motifs is 2. The number of rotatable bonds is 2. The fourth-order valence-corrected chi connectivity index (χ4v) is 2.68. The molecule has 16 heavy (non-hydrogen) atoms. The van der Waals surface area contributed by atoms with E-state index in [1.165, 1.54) is 4.90 Å². The molecular formula is C11H13N3O2. The molecule has 2 heterocycles. The van der Waals surface area contributed by atoms with Gasteiger partial charge in [-0.15, -0.1) is 0 Å². The second-order valence-corrected chi connectivity index (χ2v) is 4.55. The van der Waals surface area contributed by atoms with Gasteiger partial charge in [0, 0.05) is 18.0 Å². The highest BCUT2D eigenvalue weighted by atomic mass is 16.2. The minimum Gasteiger partial charge on any atom is -0.281 e. The predicted molar refractivity (Wildman–Crippen MR) is 55.0 cm³/mol. The van der Waals surface area contributed by atoms with Crippen LogP contribution in [0.15, 0.2) is 12.3 Å². The van der Waals surface area contributed by atoms with Gasteiger partial charge in [0.15, 0.2) is 0 Å². The number of hydrogen-bond donors (Lipinski definition) is 1. The average Bonchev–Trinajstić information content (AvgIpc) is 2.92. The summed E-state index contributed by atoms with van der Waals surface area (Å²) in [6.07, 6.45) is 4.13. The van der Waals surface area contributed by atoms with Crippen LogP contribution in [0.3, 0.4) is 0 Å². The summed E-state index contributed by atoms with van der Waals surface area (Å²) in [6.45, 7) is 0.338. The van der Waals surface area contributed by atoms with Gasteiger partial charge in [0.1, 0.15) is 0 Å². The van der Waals surface area contributed by atoms with E-state index in [2.05, 4.69) is 10.2 Å². The first-order valence-corrected chi connectivity index (χ1v) is 5.59. The molecule has 2 atom stereocenters. The normalized spacial score (nSPS) is 28.9. The summed E-state index contributed by atoms with van der Waals surface area (Å²) in [5, 5.41) is 6.60. The highest BCUT2D eigenvalue weighted by Crippen LogP contribution is 2.38. The van der Waals surface area contributed by atoms with Crippen LogP contribution < -0.4 is 0 Å². The molecule has 2 aliphatic rings. The zero-order valence-corrected chi connectivity index (χ0v) is 8.85. The Labute approximate surface area is 92.8 Å². The molecule has 2 bridgehead atoms. The smallest absolute Gasteiger partial charge is 0.232 e. The highest BCUT2D eigenvalue weighted by molar-refractivity contribution is 6.00. The van der Waals surface area contributed by atoms with Gasteiger partial charge in [-0.1, -0.05) is 0 Å². The molecule has 1 aliphatic heterocycles. The maximum absolute atomic E-state index is 12.0. The van der Waals surface area contributed by atoms with Crippen LogP contribution in [0.5, 0.6) is 0 Å². The van der Waals surface area contributed by atoms with Crippen molar-refractivity contribution in [1.29, 1.82) is 0 Å². The topological polar surface area (TPSA) is 66.1 Å². The first kappa shape index (κ1) is 9.57. The number of H-pyrrole nitrogens is 1. The van der Waals surface area contributed by atoms with Crippen LogP contribution >= 0.6 is 0 Å². The molecule has 1 aliphatic carbocycles. The fraction of sp³-hybridized carbons (Fsp3) is 0.545. The minimum absolute atomic E-state index is 0.00616. The van der Waals surface area contributed by atoms with Crippen LogP contribution in [0.2, 0.25) is 0 Å². The lowest BCUT2D eigenvalue weighted by Crippen LogP contribution is -2.45. The van der Waals surface area contributed by atoms with Gasteiger partial charge in [0.05, 0.1) is 12.2 Å². The summed E-state index contributed by atoms with van der Waals surface area (Å²) in [5.41, 5.74) is 0.808. The molecule has 0 spiro atoms. The molecule has 3 rings (SSSR count). The lowest BCUT2D eigenvalue weighted by Gasteiger charge is -2.29. The van der Waals surface area contributed by atoms with Crippen molar-refractivity contribution in [2.45, 2.75) is 25.8 Å². The highest BCUT2D eigenvalue weighted by Gasteiger charge is 2.45. The molecular weight excluding hydrogens is 206 g/mol. The van der Waals surface area contributed by atoms with Crippen LogP contribution in [-0.4, -0.2) is 26.9 Å². The lowest BCUT2D eigenvalue weighted by molar-refractivity contribution is -0.153. The zero-order valence-electron chi connectivity index (χ0n) is 8.85. The third-order valence-electron chi connectivity index (χ3n) is 3.55. The fourth-order valence-electron chi connectivity index (χ4n) is 2.68. The predicted octanol–water partition coefficient (Wildman–Crippen LogP) is 0.695. The summed E-state index contributed by atoms with van der Waals surface area (Å²) < 4.78 is 0. The Bertz CT molecular complexity index is 404. The Kier molecular flexibility index (Phi) is 2.05. The van der Waals surface area contributed by atoms with Crippen molar-refractivity contribution >= 4 is 11.8 Å². The van der Waals surface area contributed by atoms with Crippen molar-refractivity contribution in [2.24, 2.45) is 11.8 Å². The first-order chi connectivity index (χ1) is 7.75. The van der Waals surface area contributed by atoms with E-state index >= 15 is 0 Å². The van der Waals surface area contributed by atoms with Gasteiger partial charge in [-0.3, -0.25) is 19.6 Å². The van der Waals surface area contributed by atoms with Crippen molar-refractivity contribution in [2.75, 3.05) is 0 Å². The van der Waals surface area contributed by atoms with Crippen molar-refractivity contribution in [3.05, 3.63) is 18.0 Å². The maximum atomic E-state index is 12.0. The first-order valence-electron chi connectivity index (χ1n) is 5.59. The van der Waals surface area contributed by atoms with Crippen LogP contribution in [0.4, 0.5) is 0 Å². The van der Waals surface area contributed by atoms with Crippen LogP contribution in [0.1, 0.15) is 25.0 Å². The largest absolute Gasteiger partial charge is 0.281 e. The number of aromatic nitrogens is 2. The number of carbonyl (C=O) groups is 2. The Morgan fingerprint density at radius 2 is 2.00 bits per heavy atom. The molecule has 1 saturated carbocycles. The zero-order chi connectivity index (χ0) is 11.1. The van der Waals surface area contributed by atoms with Crippen LogP contribution in [0.25, 0.3) is 0 Å². The summed E-state index contributed by atoms with van der Waals surface area (Å²) in [4.78, 5) is 25.4. The van der Waals surface area contributed by atoms with Gasteiger partial charge < -0.3 is 0 Å². The van der Waals surface area contributed by atoms with E-state index in [1.54, 1.807) is 12.3 Å². The van der Waals surface area contributed by atoms with Crippen molar-refractivity contribution in [1.82, 2.24) is 15.1 Å². The van der Waals surface area contributed by atoms with E-state index in [4.69, 9.17) is 0 Å². The van der Waals surface area contributed by atoms with E-state index in [-0.39, 0.29) is 23.7 Å². The Morgan fingerprint density at radius 1 is 1.31 bits per heavy atom. The number of nitrogens with one attached hydrogen (secondary N) is 1. The van der Waals surface area contributed by atoms with Gasteiger partial charge in [-0.05, 0) is 25.3 Å². The van der Waals surface area contributed by atoms with Crippen molar-refractivity contribution in [3.8, 4) is 0 Å². The molecule has 0 radical (unpaired) electrons. The SMILES string of the molecule is O=C1C2CCC(C2)C(=O)N1Cc1ccn[nH]1. The Balaban J connectivity index is 1.83. The number of piperidine rings is 1. The van der Waals surface area contributed by atoms with Crippen LogP contribution in [-0.2, 0) is 16.1 Å². The maximum Gasteiger partial charge on any atom is 0.232 e. The van der Waals surface area contributed by atoms with E-state index in [0.717, 1.165) is 25.0 Å². The molecule has 1 saturated heterocycles. The standard InChI is InChI=1S/C11H13N3O2/c15-10-7-1-2-8(5-7)11(16)14(10)6-9-3-4-12-13-9/h3-4,7-8H,1-2,5-6H2,(H,12,13). The van der Waals surface area contributed by atoms with Gasteiger partial charge in [0.25, 0.3) is 0 Å². The van der Waals surface area contributed by atoms with Gasteiger partial charge in [-0.2, -0.15) is 5.10 Å². The van der Waals surface area contributed by atoms with E-state index in [0.29, 0.717) is 6.54 Å². The van der Waals surface area contributed by atoms with Crippen molar-refractivity contribution < 1.29 is 9.59 Å². The van der Waals surface area contributed by atoms with Gasteiger partial charge in [-0.25, -0.2) is 0 Å². The number of amides is 2. The molecule has 2 unspecified atom stereocenters. The van der Waals surface area contributed by atoms with E-state index in [1.807, 2.05) is 0 Å². The van der Waals surface area contributed by atoms with E-state index in [9.17, 15) is 9.59 Å². The molecule has 2 amide bonds. The molecule has 0 aromatic carbocycles. The molecule has 1 N–H and O–H groups in total. The summed E-state index contributed by atoms with van der Waals surface area (Å²) >= 11 is 0. The number of nitrogens with zero attached hydrogens (tertiary/aromatic N) is 2. The number of hydrogen-bond acceptors (Lipinski definition) is 3. The third kappa shape index (κ3) is 1.35. The number of likely N-dealkylation sites (tertiary alicyclic amines) is 1. The quantitative estimate of drug-likeness (QED) is 0.744. The number of carbonyl (C=O) groups excluding carboxylic acids is 2. The summed E-state index contributed by atoms with van der Waals surface area (Å²) in [7, 11) is 0. The van der Waals surface area contributed by atoms with Gasteiger partial charge in [0.2, 0.25) is 11.8 Å². The van der Waals surface area contributed by atoms with E-state index < -0.39 is 0 Å². The second kappa shape index (κ2) is 3.43. The van der Waals surface area contributed by atoms with Crippen molar-refractivity contribution in [3.63, 3.8) is 0 Å². The average molecular weight is 219 g/mol. The number of aromatic amines is 1. The monoisotopic (exact) mass is 219 g/mol. The van der Waals surface area contributed by atoms with Gasteiger partial charge >= 0.3 is 0 Å². The minimum atomic E-state index is -0.00616. The van der Waals surface area contributed by atoms with Crippen LogP contribution in [0, 0.1) is 11.8 Å². The molecule has 84 valence electrons. The molecule has 1 aromatic heterocycles. The molecule has 2 fully saturated rings. The third-order valence-corrected chi connectivity index (χ3v) is 3.55. The Morgan fingerprint density at radius 3 is 2.56 bits per heavy atom. The molecule has 5 heteroatoms. The molecule has 5 nitrogen and oxygen atoms in total. The Hall–Kier alpha value is -1.65. The molecule has 1 aromatic rings. The number of imide groups is 1. The summed E-state index contributed by atoms with van der Waals surface area (Å²) in [5.74, 6) is 0.137.